The fourth-order valence-electron chi connectivity index (χ4n) is 2.84. The van der Waals surface area contributed by atoms with Gasteiger partial charge in [-0.15, -0.1) is 0 Å². The van der Waals surface area contributed by atoms with Gasteiger partial charge in [0.1, 0.15) is 5.83 Å². The molecule has 0 saturated heterocycles. The number of hydrogen-bond acceptors (Lipinski definition) is 2. The minimum atomic E-state index is -1.08. The monoisotopic (exact) mass is 299 g/mol. The molecule has 1 aliphatic carbocycles. The maximum absolute atomic E-state index is 14.9. The molecule has 0 bridgehead atoms. The van der Waals surface area contributed by atoms with Gasteiger partial charge >= 0.3 is 5.97 Å². The van der Waals surface area contributed by atoms with Crippen LogP contribution in [-0.4, -0.2) is 11.1 Å². The molecule has 1 aliphatic rings. The van der Waals surface area contributed by atoms with E-state index in [9.17, 15) is 14.4 Å². The lowest BCUT2D eigenvalue weighted by atomic mass is 9.70. The Labute approximate surface area is 129 Å². The van der Waals surface area contributed by atoms with Gasteiger partial charge in [-0.2, -0.15) is 5.26 Å². The summed E-state index contributed by atoms with van der Waals surface area (Å²) in [6.07, 6.45) is 6.45. The molecule has 0 radical (unpaired) electrons. The first kappa shape index (κ1) is 16.0. The predicted molar refractivity (Wildman–Crippen MR) is 81.8 cm³/mol. The molecule has 0 aliphatic heterocycles. The van der Waals surface area contributed by atoms with Gasteiger partial charge in [0.15, 0.2) is 0 Å². The van der Waals surface area contributed by atoms with Gasteiger partial charge in [-0.05, 0) is 24.1 Å². The summed E-state index contributed by atoms with van der Waals surface area (Å²) in [4.78, 5) is 11.1. The van der Waals surface area contributed by atoms with Crippen LogP contribution in [0.3, 0.4) is 0 Å². The lowest BCUT2D eigenvalue weighted by Gasteiger charge is -2.33. The summed E-state index contributed by atoms with van der Waals surface area (Å²) in [7, 11) is 0. The minimum absolute atomic E-state index is 0.417. The van der Waals surface area contributed by atoms with Crippen molar-refractivity contribution in [1.29, 1.82) is 5.26 Å². The number of halogens is 1. The number of carbonyl (C=O) groups is 1. The Morgan fingerprint density at radius 1 is 1.45 bits per heavy atom. The number of nitrogens with zero attached hydrogens (tertiary/aromatic N) is 1. The highest BCUT2D eigenvalue weighted by atomic mass is 19.1. The quantitative estimate of drug-likeness (QED) is 0.832. The number of allylic oxidation sites excluding steroid dienone is 2. The topological polar surface area (TPSA) is 61.1 Å². The second-order valence-corrected chi connectivity index (χ2v) is 5.47. The van der Waals surface area contributed by atoms with Crippen molar-refractivity contribution in [1.82, 2.24) is 0 Å². The van der Waals surface area contributed by atoms with Gasteiger partial charge in [0.05, 0.1) is 23.0 Å². The van der Waals surface area contributed by atoms with E-state index >= 15 is 0 Å². The molecule has 22 heavy (non-hydrogen) atoms. The number of aliphatic carboxylic acids is 1. The molecule has 2 atom stereocenters. The number of hydrogen-bond donors (Lipinski definition) is 1. The molecule has 1 N–H and O–H groups in total. The summed E-state index contributed by atoms with van der Waals surface area (Å²) < 4.78 is 14.9. The van der Waals surface area contributed by atoms with Crippen LogP contribution in [0.5, 0.6) is 0 Å². The highest BCUT2D eigenvalue weighted by molar-refractivity contribution is 5.75. The molecule has 2 rings (SSSR count). The molecule has 0 aromatic heterocycles. The van der Waals surface area contributed by atoms with Gasteiger partial charge < -0.3 is 5.11 Å². The summed E-state index contributed by atoms with van der Waals surface area (Å²) in [5, 5.41) is 18.4. The van der Waals surface area contributed by atoms with E-state index < -0.39 is 23.1 Å². The SMILES string of the molecule is CCCCC1(c2ccccc2C#N)C=CC(C(=O)O)C=C1F. The number of benzene rings is 1. The lowest BCUT2D eigenvalue weighted by molar-refractivity contribution is -0.138. The molecular weight excluding hydrogens is 281 g/mol. The second kappa shape index (κ2) is 6.57. The molecular formula is C18H18FNO2. The van der Waals surface area contributed by atoms with Crippen LogP contribution in [0.2, 0.25) is 0 Å². The standard InChI is InChI=1S/C18H18FNO2/c1-2-3-9-18(15-7-5-4-6-14(15)12-20)10-8-13(17(21)22)11-16(18)19/h4-8,10-11,13H,2-3,9H2,1H3,(H,21,22). The highest BCUT2D eigenvalue weighted by Gasteiger charge is 2.39. The summed E-state index contributed by atoms with van der Waals surface area (Å²) in [5.74, 6) is -2.52. The van der Waals surface area contributed by atoms with E-state index in [-0.39, 0.29) is 0 Å². The first-order chi connectivity index (χ1) is 10.5. The summed E-state index contributed by atoms with van der Waals surface area (Å²) in [5.41, 5.74) is -0.0192. The van der Waals surface area contributed by atoms with Gasteiger partial charge in [-0.1, -0.05) is 50.1 Å². The van der Waals surface area contributed by atoms with E-state index in [1.807, 2.05) is 6.92 Å². The van der Waals surface area contributed by atoms with E-state index in [4.69, 9.17) is 5.11 Å². The van der Waals surface area contributed by atoms with Crippen molar-refractivity contribution >= 4 is 5.97 Å². The number of carboxylic acids is 1. The van der Waals surface area contributed by atoms with E-state index in [1.54, 1.807) is 30.3 Å². The molecule has 0 saturated carbocycles. The van der Waals surface area contributed by atoms with Crippen LogP contribution in [-0.2, 0) is 10.2 Å². The van der Waals surface area contributed by atoms with E-state index in [2.05, 4.69) is 6.07 Å². The van der Waals surface area contributed by atoms with Crippen molar-refractivity contribution < 1.29 is 14.3 Å². The van der Waals surface area contributed by atoms with Gasteiger partial charge in [0.25, 0.3) is 0 Å². The largest absolute Gasteiger partial charge is 0.481 e. The molecule has 114 valence electrons. The van der Waals surface area contributed by atoms with Crippen LogP contribution >= 0.6 is 0 Å². The third-order valence-corrected chi connectivity index (χ3v) is 4.08. The van der Waals surface area contributed by atoms with Crippen molar-refractivity contribution in [3.63, 3.8) is 0 Å². The number of rotatable bonds is 5. The Balaban J connectivity index is 2.56. The summed E-state index contributed by atoms with van der Waals surface area (Å²) in [6.45, 7) is 2.01. The maximum Gasteiger partial charge on any atom is 0.314 e. The van der Waals surface area contributed by atoms with Crippen molar-refractivity contribution in [2.75, 3.05) is 0 Å². The van der Waals surface area contributed by atoms with Crippen LogP contribution in [0, 0.1) is 17.2 Å². The third-order valence-electron chi connectivity index (χ3n) is 4.08. The van der Waals surface area contributed by atoms with Gasteiger partial charge in [-0.3, -0.25) is 4.79 Å². The van der Waals surface area contributed by atoms with Crippen molar-refractivity contribution in [3.05, 3.63) is 59.4 Å². The van der Waals surface area contributed by atoms with Crippen LogP contribution in [0.4, 0.5) is 4.39 Å². The number of unbranched alkanes of at least 4 members (excludes halogenated alkanes) is 1. The Morgan fingerprint density at radius 3 is 2.77 bits per heavy atom. The average molecular weight is 299 g/mol. The zero-order chi connectivity index (χ0) is 16.2. The smallest absolute Gasteiger partial charge is 0.314 e. The zero-order valence-electron chi connectivity index (χ0n) is 12.4. The first-order valence-electron chi connectivity index (χ1n) is 7.34. The van der Waals surface area contributed by atoms with E-state index in [0.717, 1.165) is 18.9 Å². The highest BCUT2D eigenvalue weighted by Crippen LogP contribution is 2.44. The first-order valence-corrected chi connectivity index (χ1v) is 7.34. The third kappa shape index (κ3) is 2.80. The molecule has 0 heterocycles. The fourth-order valence-corrected chi connectivity index (χ4v) is 2.84. The normalized spacial score (nSPS) is 23.7. The van der Waals surface area contributed by atoms with Crippen LogP contribution in [0.15, 0.2) is 48.3 Å². The van der Waals surface area contributed by atoms with Crippen LogP contribution in [0.25, 0.3) is 0 Å². The number of carboxylic acid groups (broad SMARTS) is 1. The Kier molecular flexibility index (Phi) is 4.77. The van der Waals surface area contributed by atoms with Gasteiger partial charge in [-0.25, -0.2) is 4.39 Å². The molecule has 4 heteroatoms. The molecule has 1 aromatic rings. The van der Waals surface area contributed by atoms with Crippen LogP contribution in [0.1, 0.15) is 37.3 Å². The minimum Gasteiger partial charge on any atom is -0.481 e. The average Bonchev–Trinajstić information content (AvgIpc) is 2.53. The van der Waals surface area contributed by atoms with Gasteiger partial charge in [0, 0.05) is 0 Å². The van der Waals surface area contributed by atoms with E-state index in [0.29, 0.717) is 17.5 Å². The molecule has 1 aromatic carbocycles. The summed E-state index contributed by atoms with van der Waals surface area (Å²) in [6, 6.07) is 9.02. The lowest BCUT2D eigenvalue weighted by Crippen LogP contribution is -2.30. The van der Waals surface area contributed by atoms with Crippen molar-refractivity contribution in [2.24, 2.45) is 5.92 Å². The fraction of sp³-hybridized carbons (Fsp3) is 0.333. The molecule has 2 unspecified atom stereocenters. The summed E-state index contributed by atoms with van der Waals surface area (Å²) >= 11 is 0. The van der Waals surface area contributed by atoms with Crippen molar-refractivity contribution in [3.8, 4) is 6.07 Å². The molecule has 0 amide bonds. The maximum atomic E-state index is 14.9. The van der Waals surface area contributed by atoms with E-state index in [1.165, 1.54) is 6.08 Å². The predicted octanol–water partition coefficient (Wildman–Crippen LogP) is 4.11. The molecule has 0 spiro atoms. The van der Waals surface area contributed by atoms with Crippen LogP contribution < -0.4 is 0 Å². The Bertz CT molecular complexity index is 672. The van der Waals surface area contributed by atoms with Crippen molar-refractivity contribution in [2.45, 2.75) is 31.6 Å². The molecule has 0 fully saturated rings. The Hall–Kier alpha value is -2.41. The Morgan fingerprint density at radius 2 is 2.18 bits per heavy atom. The van der Waals surface area contributed by atoms with Gasteiger partial charge in [0.2, 0.25) is 0 Å². The second-order valence-electron chi connectivity index (χ2n) is 5.47. The number of nitriles is 1. The molecule has 3 nitrogen and oxygen atoms in total. The zero-order valence-corrected chi connectivity index (χ0v) is 12.4.